The van der Waals surface area contributed by atoms with E-state index in [0.29, 0.717) is 0 Å². The molecule has 2 aromatic rings. The average Bonchev–Trinajstić information content (AvgIpc) is 3.59. The van der Waals surface area contributed by atoms with Crippen LogP contribution < -0.4 is 0 Å². The van der Waals surface area contributed by atoms with Gasteiger partial charge in [0, 0.05) is 14.2 Å². The van der Waals surface area contributed by atoms with Gasteiger partial charge in [0.05, 0.1) is 36.7 Å². The first kappa shape index (κ1) is 23.0. The molecule has 2 aromatic heterocycles. The van der Waals surface area contributed by atoms with E-state index < -0.39 is 58.1 Å². The minimum absolute atomic E-state index is 0.0851. The number of methoxy groups -OCH3 is 4. The number of nitrogens with zero attached hydrogens (tertiary/aromatic N) is 2. The van der Waals surface area contributed by atoms with Gasteiger partial charge in [-0.3, -0.25) is 19.2 Å². The Morgan fingerprint density at radius 2 is 1.17 bits per heavy atom. The van der Waals surface area contributed by atoms with E-state index >= 15 is 0 Å². The van der Waals surface area contributed by atoms with Crippen LogP contribution in [0.15, 0.2) is 9.05 Å². The van der Waals surface area contributed by atoms with Crippen LogP contribution in [0.2, 0.25) is 0 Å². The summed E-state index contributed by atoms with van der Waals surface area (Å²) >= 11 is 0. The fourth-order valence-corrected chi connectivity index (χ4v) is 6.82. The van der Waals surface area contributed by atoms with Crippen molar-refractivity contribution in [2.45, 2.75) is 37.6 Å². The first-order valence-corrected chi connectivity index (χ1v) is 10.8. The number of ketones is 2. The summed E-state index contributed by atoms with van der Waals surface area (Å²) in [6.07, 6.45) is -3.74. The Kier molecular flexibility index (Phi) is 4.24. The second-order valence-electron chi connectivity index (χ2n) is 8.91. The molecule has 0 radical (unpaired) electrons. The van der Waals surface area contributed by atoms with Gasteiger partial charge < -0.3 is 37.5 Å². The molecule has 0 spiro atoms. The zero-order valence-corrected chi connectivity index (χ0v) is 19.9. The molecule has 6 heterocycles. The predicted molar refractivity (Wildman–Crippen MR) is 107 cm³/mol. The molecule has 2 fully saturated rings. The Labute approximate surface area is 202 Å². The molecule has 36 heavy (non-hydrogen) atoms. The van der Waals surface area contributed by atoms with Crippen LogP contribution in [-0.2, 0) is 49.6 Å². The minimum atomic E-state index is -2.57. The number of fused-ring (bicyclic) bond motifs is 13. The Morgan fingerprint density at radius 1 is 0.750 bits per heavy atom. The van der Waals surface area contributed by atoms with Crippen molar-refractivity contribution >= 4 is 23.5 Å². The number of Topliss-reactive ketones (excluding diaryl/α,β-unsaturated/α-hetero) is 2. The molecule has 0 saturated carbocycles. The van der Waals surface area contributed by atoms with E-state index in [1.165, 1.54) is 28.1 Å². The van der Waals surface area contributed by atoms with Crippen LogP contribution in [0, 0.1) is 24.7 Å². The lowest BCUT2D eigenvalue weighted by Gasteiger charge is -2.49. The Bertz CT molecular complexity index is 1310. The number of aromatic nitrogens is 2. The van der Waals surface area contributed by atoms with Gasteiger partial charge in [-0.1, -0.05) is 10.3 Å². The van der Waals surface area contributed by atoms with Crippen molar-refractivity contribution < 1.29 is 56.6 Å². The van der Waals surface area contributed by atoms with Crippen LogP contribution in [0.4, 0.5) is 0 Å². The van der Waals surface area contributed by atoms with Crippen LogP contribution in [0.1, 0.15) is 43.6 Å². The monoisotopic (exact) mass is 504 g/mol. The predicted octanol–water partition coefficient (Wildman–Crippen LogP) is 0.0870. The highest BCUT2D eigenvalue weighted by Gasteiger charge is 3.00. The van der Waals surface area contributed by atoms with Crippen molar-refractivity contribution in [3.05, 3.63) is 34.0 Å². The summed E-state index contributed by atoms with van der Waals surface area (Å²) < 4.78 is 45.4. The van der Waals surface area contributed by atoms with E-state index in [-0.39, 0.29) is 34.0 Å². The standard InChI is InChI=1S/C22H20N2O12/c1-7-9-13(35-23-7)11(25)15-19(17(27)29-3)16-12(26)14-10(8(2)24-36-14)22(32-6,34-16)20(19,18(28)30-4)21(9,31-5)33-15/h15-16H,1-6H3/t15-,16-,19?,20?,21+,22+/m1/s1. The van der Waals surface area contributed by atoms with Crippen molar-refractivity contribution in [1.29, 1.82) is 0 Å². The number of ether oxygens (including phenoxy) is 6. The third-order valence-electron chi connectivity index (χ3n) is 7.90. The zero-order valence-electron chi connectivity index (χ0n) is 19.9. The molecule has 2 saturated heterocycles. The van der Waals surface area contributed by atoms with Gasteiger partial charge in [0.1, 0.15) is 12.2 Å². The minimum Gasteiger partial charge on any atom is -0.468 e. The van der Waals surface area contributed by atoms with E-state index in [0.717, 1.165) is 14.2 Å². The van der Waals surface area contributed by atoms with Crippen molar-refractivity contribution in [2.24, 2.45) is 10.8 Å². The van der Waals surface area contributed by atoms with Crippen molar-refractivity contribution in [3.8, 4) is 0 Å². The van der Waals surface area contributed by atoms with Gasteiger partial charge in [0.15, 0.2) is 5.41 Å². The van der Waals surface area contributed by atoms with Crippen molar-refractivity contribution in [2.75, 3.05) is 28.4 Å². The maximum Gasteiger partial charge on any atom is 0.325 e. The molecule has 4 aliphatic heterocycles. The van der Waals surface area contributed by atoms with Gasteiger partial charge >= 0.3 is 11.9 Å². The van der Waals surface area contributed by atoms with Crippen LogP contribution in [0.3, 0.4) is 0 Å². The van der Waals surface area contributed by atoms with E-state index in [1.54, 1.807) is 0 Å². The highest BCUT2D eigenvalue weighted by atomic mass is 16.8. The Hall–Kier alpha value is -3.46. The highest BCUT2D eigenvalue weighted by Crippen LogP contribution is 2.80. The molecule has 14 heteroatoms. The number of hydrogen-bond acceptors (Lipinski definition) is 14. The number of rotatable bonds is 4. The van der Waals surface area contributed by atoms with Crippen LogP contribution in [0.5, 0.6) is 0 Å². The van der Waals surface area contributed by atoms with E-state index in [4.69, 9.17) is 37.5 Å². The van der Waals surface area contributed by atoms with Crippen molar-refractivity contribution in [3.63, 3.8) is 0 Å². The third kappa shape index (κ3) is 1.80. The average molecular weight is 504 g/mol. The van der Waals surface area contributed by atoms with Crippen LogP contribution >= 0.6 is 0 Å². The first-order valence-electron chi connectivity index (χ1n) is 10.8. The maximum absolute atomic E-state index is 14.3. The molecule has 0 amide bonds. The van der Waals surface area contributed by atoms with E-state index in [1.807, 2.05) is 0 Å². The lowest BCUT2D eigenvalue weighted by molar-refractivity contribution is -0.354. The normalized spacial score (nSPS) is 37.4. The van der Waals surface area contributed by atoms with Gasteiger partial charge in [-0.25, -0.2) is 0 Å². The Morgan fingerprint density at radius 3 is 1.53 bits per heavy atom. The number of esters is 2. The van der Waals surface area contributed by atoms with E-state index in [2.05, 4.69) is 10.3 Å². The summed E-state index contributed by atoms with van der Waals surface area (Å²) in [5.74, 6) is -9.40. The summed E-state index contributed by atoms with van der Waals surface area (Å²) in [4.78, 5) is 55.9. The molecule has 4 aliphatic rings. The lowest BCUT2D eigenvalue weighted by Crippen LogP contribution is -2.67. The molecular formula is C22H20N2O12. The third-order valence-corrected chi connectivity index (χ3v) is 7.90. The van der Waals surface area contributed by atoms with Gasteiger partial charge in [-0.2, -0.15) is 0 Å². The fourth-order valence-electron chi connectivity index (χ4n) is 6.82. The van der Waals surface area contributed by atoms with Gasteiger partial charge in [-0.15, -0.1) is 0 Å². The summed E-state index contributed by atoms with van der Waals surface area (Å²) in [6, 6.07) is 0. The second kappa shape index (κ2) is 6.64. The van der Waals surface area contributed by atoms with Gasteiger partial charge in [0.25, 0.3) is 0 Å². The van der Waals surface area contributed by atoms with Crippen molar-refractivity contribution in [1.82, 2.24) is 10.3 Å². The molecular weight excluding hydrogens is 484 g/mol. The molecule has 0 N–H and O–H groups in total. The SMILES string of the molecule is COC(=O)C12[C@@H]3O[C@@](OC)(c4c(C)noc4C3=O)C1(C(=O)OC)[C@@]1(OC)O[C@@H]2C(=O)c2onc(C)c21. The number of aryl methyl sites for hydroxylation is 2. The quantitative estimate of drug-likeness (QED) is 0.512. The highest BCUT2D eigenvalue weighted by molar-refractivity contribution is 6.14. The molecule has 0 aromatic carbocycles. The fraction of sp³-hybridized carbons (Fsp3) is 0.545. The smallest absolute Gasteiger partial charge is 0.325 e. The van der Waals surface area contributed by atoms with Crippen LogP contribution in [-0.4, -0.2) is 74.5 Å². The first-order chi connectivity index (χ1) is 17.1. The largest absolute Gasteiger partial charge is 0.468 e. The number of carbonyl (C=O) groups excluding carboxylic acids is 4. The van der Waals surface area contributed by atoms with Gasteiger partial charge in [0.2, 0.25) is 40.1 Å². The topological polar surface area (TPSA) is 176 Å². The molecule has 0 unspecified atom stereocenters. The second-order valence-corrected chi connectivity index (χ2v) is 8.91. The summed E-state index contributed by atoms with van der Waals surface area (Å²) in [5, 5.41) is 7.75. The molecule has 0 aliphatic carbocycles. The number of carbonyl (C=O) groups is 4. The summed E-state index contributed by atoms with van der Waals surface area (Å²) in [5.41, 5.74) is -5.02. The van der Waals surface area contributed by atoms with Crippen LogP contribution in [0.25, 0.3) is 0 Å². The molecule has 190 valence electrons. The molecule has 4 atom stereocenters. The summed E-state index contributed by atoms with van der Waals surface area (Å²) in [7, 11) is 4.47. The molecule has 6 rings (SSSR count). The number of hydrogen-bond donors (Lipinski definition) is 0. The lowest BCUT2D eigenvalue weighted by atomic mass is 9.53. The summed E-state index contributed by atoms with van der Waals surface area (Å²) in [6.45, 7) is 2.98. The Balaban J connectivity index is 1.91. The van der Waals surface area contributed by atoms with E-state index in [9.17, 15) is 19.2 Å². The molecule has 4 bridgehead atoms. The zero-order chi connectivity index (χ0) is 26.0. The van der Waals surface area contributed by atoms with Gasteiger partial charge in [-0.05, 0) is 13.8 Å². The maximum atomic E-state index is 14.3. The molecule has 14 nitrogen and oxygen atoms in total.